The van der Waals surface area contributed by atoms with Crippen LogP contribution in [0.15, 0.2) is 103 Å². The topological polar surface area (TPSA) is 7.60 Å². The Kier molecular flexibility index (Phi) is 4.88. The zero-order valence-corrected chi connectivity index (χ0v) is 21.2. The molecule has 0 aliphatic carbocycles. The van der Waals surface area contributed by atoms with Gasteiger partial charge >= 0.3 is 0 Å². The second-order valence-corrected chi connectivity index (χ2v) is 15.3. The molecule has 168 valence electrons. The van der Waals surface area contributed by atoms with Crippen LogP contribution in [0.5, 0.6) is 0 Å². The van der Waals surface area contributed by atoms with Gasteiger partial charge in [-0.1, -0.05) is 97.6 Å². The SMILES string of the molecule is [C-]#[N+]c1ccc(N(c2ccc([Si](C)(C)C)cc2)c2ccc3ccc4cccc5ccc2c3c45)cc1. The first-order valence-electron chi connectivity index (χ1n) is 12.0. The Labute approximate surface area is 207 Å². The summed E-state index contributed by atoms with van der Waals surface area (Å²) < 4.78 is 0. The van der Waals surface area contributed by atoms with Gasteiger partial charge in [-0.25, -0.2) is 4.85 Å². The minimum atomic E-state index is -1.40. The lowest BCUT2D eigenvalue weighted by Crippen LogP contribution is -2.37. The fraction of sp³-hybridized carbons (Fsp3) is 0.0938. The monoisotopic (exact) mass is 466 g/mol. The highest BCUT2D eigenvalue weighted by Crippen LogP contribution is 2.43. The lowest BCUT2D eigenvalue weighted by molar-refractivity contribution is 1.30. The van der Waals surface area contributed by atoms with Crippen LogP contribution in [0.2, 0.25) is 19.6 Å². The minimum absolute atomic E-state index is 0.651. The van der Waals surface area contributed by atoms with Gasteiger partial charge in [-0.3, -0.25) is 0 Å². The van der Waals surface area contributed by atoms with Crippen molar-refractivity contribution in [3.05, 3.63) is 115 Å². The zero-order chi connectivity index (χ0) is 24.2. The van der Waals surface area contributed by atoms with Gasteiger partial charge in [0.1, 0.15) is 0 Å². The molecule has 0 bridgehead atoms. The number of benzene rings is 6. The van der Waals surface area contributed by atoms with E-state index in [9.17, 15) is 0 Å². The maximum atomic E-state index is 7.38. The van der Waals surface area contributed by atoms with Gasteiger partial charge in [0, 0.05) is 16.8 Å². The Hall–Kier alpha value is -4.13. The fourth-order valence-corrected chi connectivity index (χ4v) is 6.30. The first-order chi connectivity index (χ1) is 16.9. The van der Waals surface area contributed by atoms with Crippen molar-refractivity contribution in [2.24, 2.45) is 0 Å². The molecule has 0 saturated heterocycles. The summed E-state index contributed by atoms with van der Waals surface area (Å²) >= 11 is 0. The van der Waals surface area contributed by atoms with Crippen molar-refractivity contribution in [2.45, 2.75) is 19.6 Å². The molecule has 0 heterocycles. The average molecular weight is 467 g/mol. The van der Waals surface area contributed by atoms with Crippen molar-refractivity contribution in [2.75, 3.05) is 4.90 Å². The summed E-state index contributed by atoms with van der Waals surface area (Å²) in [6.07, 6.45) is 0. The van der Waals surface area contributed by atoms with E-state index < -0.39 is 8.07 Å². The first kappa shape index (κ1) is 21.4. The third-order valence-corrected chi connectivity index (χ3v) is 9.04. The summed E-state index contributed by atoms with van der Waals surface area (Å²) in [5.74, 6) is 0. The molecule has 0 amide bonds. The van der Waals surface area contributed by atoms with E-state index in [4.69, 9.17) is 6.57 Å². The van der Waals surface area contributed by atoms with E-state index in [-0.39, 0.29) is 0 Å². The van der Waals surface area contributed by atoms with E-state index in [1.807, 2.05) is 12.1 Å². The van der Waals surface area contributed by atoms with Gasteiger partial charge < -0.3 is 4.90 Å². The van der Waals surface area contributed by atoms with Crippen LogP contribution in [0.4, 0.5) is 22.7 Å². The van der Waals surface area contributed by atoms with Crippen LogP contribution in [0.1, 0.15) is 0 Å². The Bertz CT molecular complexity index is 1700. The van der Waals surface area contributed by atoms with Gasteiger partial charge in [0.05, 0.1) is 20.3 Å². The molecular weight excluding hydrogens is 440 g/mol. The van der Waals surface area contributed by atoms with Crippen LogP contribution >= 0.6 is 0 Å². The summed E-state index contributed by atoms with van der Waals surface area (Å²) in [5, 5.41) is 9.09. The Morgan fingerprint density at radius 2 is 1.14 bits per heavy atom. The summed E-state index contributed by atoms with van der Waals surface area (Å²) in [4.78, 5) is 5.92. The molecular formula is C32H26N2Si. The van der Waals surface area contributed by atoms with Crippen LogP contribution in [-0.4, -0.2) is 8.07 Å². The molecule has 35 heavy (non-hydrogen) atoms. The van der Waals surface area contributed by atoms with E-state index in [0.29, 0.717) is 5.69 Å². The third-order valence-electron chi connectivity index (χ3n) is 6.98. The van der Waals surface area contributed by atoms with E-state index in [1.54, 1.807) is 0 Å². The van der Waals surface area contributed by atoms with Crippen molar-refractivity contribution in [1.82, 2.24) is 0 Å². The highest BCUT2D eigenvalue weighted by Gasteiger charge is 2.20. The van der Waals surface area contributed by atoms with Crippen molar-refractivity contribution in [3.8, 4) is 0 Å². The molecule has 2 nitrogen and oxygen atoms in total. The normalized spacial score (nSPS) is 11.8. The maximum absolute atomic E-state index is 7.38. The van der Waals surface area contributed by atoms with Crippen LogP contribution in [-0.2, 0) is 0 Å². The second-order valence-electron chi connectivity index (χ2n) is 10.2. The fourth-order valence-electron chi connectivity index (χ4n) is 5.13. The highest BCUT2D eigenvalue weighted by atomic mass is 28.3. The number of anilines is 3. The third kappa shape index (κ3) is 3.55. The maximum Gasteiger partial charge on any atom is 0.187 e. The largest absolute Gasteiger partial charge is 0.310 e. The van der Waals surface area contributed by atoms with Crippen molar-refractivity contribution >= 4 is 68.3 Å². The molecule has 6 aromatic rings. The predicted molar refractivity (Wildman–Crippen MR) is 154 cm³/mol. The summed E-state index contributed by atoms with van der Waals surface area (Å²) in [6, 6.07) is 36.9. The van der Waals surface area contributed by atoms with E-state index in [1.165, 1.54) is 37.5 Å². The highest BCUT2D eigenvalue weighted by molar-refractivity contribution is 6.88. The van der Waals surface area contributed by atoms with Crippen LogP contribution in [0.25, 0.3) is 37.2 Å². The molecule has 0 spiro atoms. The van der Waals surface area contributed by atoms with Crippen molar-refractivity contribution < 1.29 is 0 Å². The molecule has 0 fully saturated rings. The van der Waals surface area contributed by atoms with E-state index >= 15 is 0 Å². The van der Waals surface area contributed by atoms with Crippen molar-refractivity contribution in [1.29, 1.82) is 0 Å². The van der Waals surface area contributed by atoms with Crippen LogP contribution < -0.4 is 10.1 Å². The molecule has 6 rings (SSSR count). The summed E-state index contributed by atoms with van der Waals surface area (Å²) in [5.41, 5.74) is 3.97. The lowest BCUT2D eigenvalue weighted by atomic mass is 9.93. The van der Waals surface area contributed by atoms with Gasteiger partial charge in [-0.05, 0) is 57.3 Å². The number of rotatable bonds is 4. The molecule has 6 aromatic carbocycles. The molecule has 0 aromatic heterocycles. The molecule has 0 radical (unpaired) electrons. The summed E-state index contributed by atoms with van der Waals surface area (Å²) in [6.45, 7) is 14.5. The molecule has 0 aliphatic rings. The Balaban J connectivity index is 1.63. The lowest BCUT2D eigenvalue weighted by Gasteiger charge is -2.28. The number of hydrogen-bond donors (Lipinski definition) is 0. The first-order valence-corrected chi connectivity index (χ1v) is 15.5. The van der Waals surface area contributed by atoms with E-state index in [2.05, 4.69) is 120 Å². The van der Waals surface area contributed by atoms with Gasteiger partial charge in [-0.2, -0.15) is 0 Å². The van der Waals surface area contributed by atoms with Gasteiger partial charge in [0.25, 0.3) is 0 Å². The number of nitrogens with zero attached hydrogens (tertiary/aromatic N) is 2. The van der Waals surface area contributed by atoms with Gasteiger partial charge in [-0.15, -0.1) is 0 Å². The predicted octanol–water partition coefficient (Wildman–Crippen LogP) is 9.15. The average Bonchev–Trinajstić information content (AvgIpc) is 2.88. The quantitative estimate of drug-likeness (QED) is 0.143. The van der Waals surface area contributed by atoms with Gasteiger partial charge in [0.15, 0.2) is 5.69 Å². The van der Waals surface area contributed by atoms with Crippen LogP contribution in [0, 0.1) is 6.57 Å². The smallest absolute Gasteiger partial charge is 0.187 e. The second kappa shape index (κ2) is 7.97. The summed E-state index contributed by atoms with van der Waals surface area (Å²) in [7, 11) is -1.40. The molecule has 0 unspecified atom stereocenters. The zero-order valence-electron chi connectivity index (χ0n) is 20.2. The molecule has 3 heteroatoms. The van der Waals surface area contributed by atoms with Gasteiger partial charge in [0.2, 0.25) is 0 Å². The number of hydrogen-bond acceptors (Lipinski definition) is 1. The molecule has 0 aliphatic heterocycles. The molecule has 0 saturated carbocycles. The molecule has 0 N–H and O–H groups in total. The standard InChI is InChI=1S/C32H26N2Si/c1-33-25-12-14-26(15-13-25)34(27-16-18-28(19-17-27)35(2,3)4)30-21-11-24-9-8-22-6-5-7-23-10-20-29(30)32(24)31(22)23/h5-21H,2-4H3. The molecule has 0 atom stereocenters. The van der Waals surface area contributed by atoms with E-state index in [0.717, 1.165) is 17.1 Å². The minimum Gasteiger partial charge on any atom is -0.310 e. The Morgan fingerprint density at radius 3 is 1.74 bits per heavy atom. The van der Waals surface area contributed by atoms with Crippen molar-refractivity contribution in [3.63, 3.8) is 0 Å². The Morgan fingerprint density at radius 1 is 0.600 bits per heavy atom. The van der Waals surface area contributed by atoms with Crippen LogP contribution in [0.3, 0.4) is 0 Å².